The third kappa shape index (κ3) is 3.14. The maximum atomic E-state index is 11.9. The van der Waals surface area contributed by atoms with E-state index in [0.29, 0.717) is 10.8 Å². The molecule has 0 radical (unpaired) electrons. The number of nitrogens with one attached hydrogen (secondary N) is 1. The molecule has 1 amide bonds. The van der Waals surface area contributed by atoms with Gasteiger partial charge in [0.1, 0.15) is 0 Å². The molecule has 7 heteroatoms. The van der Waals surface area contributed by atoms with Gasteiger partial charge in [0.15, 0.2) is 0 Å². The molecule has 0 aliphatic rings. The first kappa shape index (κ1) is 13.8. The van der Waals surface area contributed by atoms with Crippen LogP contribution in [0.2, 0.25) is 0 Å². The van der Waals surface area contributed by atoms with E-state index in [1.807, 2.05) is 42.0 Å². The van der Waals surface area contributed by atoms with Crippen molar-refractivity contribution in [3.05, 3.63) is 46.7 Å². The molecule has 0 unspecified atom stereocenters. The van der Waals surface area contributed by atoms with Gasteiger partial charge in [0.05, 0.1) is 4.88 Å². The fourth-order valence-corrected chi connectivity index (χ4v) is 2.72. The van der Waals surface area contributed by atoms with Gasteiger partial charge >= 0.3 is 6.01 Å². The van der Waals surface area contributed by atoms with Crippen LogP contribution in [-0.2, 0) is 0 Å². The average Bonchev–Trinajstić information content (AvgIpc) is 3.19. The summed E-state index contributed by atoms with van der Waals surface area (Å²) in [5.41, 5.74) is 0.817. The van der Waals surface area contributed by atoms with Gasteiger partial charge in [-0.3, -0.25) is 10.1 Å². The summed E-state index contributed by atoms with van der Waals surface area (Å²) in [5, 5.41) is 12.2. The summed E-state index contributed by atoms with van der Waals surface area (Å²) in [6.07, 6.45) is 2.01. The van der Waals surface area contributed by atoms with Crippen LogP contribution in [0.15, 0.2) is 51.1 Å². The Morgan fingerprint density at radius 3 is 2.71 bits per heavy atom. The smallest absolute Gasteiger partial charge is 0.322 e. The predicted octanol–water partition coefficient (Wildman–Crippen LogP) is 3.77. The Balaban J connectivity index is 1.75. The van der Waals surface area contributed by atoms with Crippen molar-refractivity contribution >= 4 is 35.0 Å². The molecule has 0 spiro atoms. The molecule has 0 saturated carbocycles. The maximum absolute atomic E-state index is 11.9. The molecule has 3 aromatic rings. The van der Waals surface area contributed by atoms with Gasteiger partial charge < -0.3 is 4.42 Å². The van der Waals surface area contributed by atoms with Gasteiger partial charge in [-0.05, 0) is 42.0 Å². The van der Waals surface area contributed by atoms with Gasteiger partial charge in [-0.25, -0.2) is 0 Å². The number of thiophene rings is 1. The van der Waals surface area contributed by atoms with Crippen LogP contribution in [0, 0.1) is 0 Å². The van der Waals surface area contributed by atoms with Gasteiger partial charge in [-0.1, -0.05) is 11.2 Å². The molecule has 106 valence electrons. The number of aromatic nitrogens is 2. The summed E-state index contributed by atoms with van der Waals surface area (Å²) < 4.78 is 5.46. The Bertz CT molecular complexity index is 736. The molecule has 2 heterocycles. The highest BCUT2D eigenvalue weighted by atomic mass is 32.2. The minimum Gasteiger partial charge on any atom is -0.403 e. The van der Waals surface area contributed by atoms with Crippen molar-refractivity contribution in [1.29, 1.82) is 0 Å². The molecule has 21 heavy (non-hydrogen) atoms. The highest BCUT2D eigenvalue weighted by Crippen LogP contribution is 2.23. The number of hydrogen-bond donors (Lipinski definition) is 1. The lowest BCUT2D eigenvalue weighted by molar-refractivity contribution is 0.102. The van der Waals surface area contributed by atoms with E-state index in [0.717, 1.165) is 10.5 Å². The summed E-state index contributed by atoms with van der Waals surface area (Å²) in [6.45, 7) is 0. The van der Waals surface area contributed by atoms with Crippen molar-refractivity contribution in [2.24, 2.45) is 0 Å². The van der Waals surface area contributed by atoms with Gasteiger partial charge in [0.25, 0.3) is 5.91 Å². The van der Waals surface area contributed by atoms with Crippen LogP contribution in [-0.4, -0.2) is 22.4 Å². The molecular weight excluding hydrogens is 306 g/mol. The first-order valence-corrected chi connectivity index (χ1v) is 8.19. The van der Waals surface area contributed by atoms with E-state index in [1.165, 1.54) is 11.3 Å². The fourth-order valence-electron chi connectivity index (χ4n) is 1.69. The van der Waals surface area contributed by atoms with Crippen LogP contribution in [0.4, 0.5) is 6.01 Å². The third-order valence-corrected chi connectivity index (χ3v) is 4.34. The Hall–Kier alpha value is -2.12. The number of amides is 1. The van der Waals surface area contributed by atoms with E-state index < -0.39 is 0 Å². The predicted molar refractivity (Wildman–Crippen MR) is 83.8 cm³/mol. The molecule has 0 aliphatic heterocycles. The summed E-state index contributed by atoms with van der Waals surface area (Å²) in [5.74, 6) is 0.127. The topological polar surface area (TPSA) is 68.0 Å². The largest absolute Gasteiger partial charge is 0.403 e. The van der Waals surface area contributed by atoms with Gasteiger partial charge in [-0.15, -0.1) is 28.2 Å². The molecule has 0 bridgehead atoms. The molecule has 0 atom stereocenters. The van der Waals surface area contributed by atoms with Crippen LogP contribution in [0.3, 0.4) is 0 Å². The SMILES string of the molecule is CSc1ccc(-c2nnc(NC(=O)c3cccs3)o2)cc1. The maximum Gasteiger partial charge on any atom is 0.322 e. The average molecular weight is 317 g/mol. The normalized spacial score (nSPS) is 10.5. The van der Waals surface area contributed by atoms with E-state index in [2.05, 4.69) is 15.5 Å². The molecule has 0 fully saturated rings. The van der Waals surface area contributed by atoms with E-state index in [4.69, 9.17) is 4.42 Å². The van der Waals surface area contributed by atoms with E-state index in [1.54, 1.807) is 17.8 Å². The second-order valence-corrected chi connectivity index (χ2v) is 5.90. The number of thioether (sulfide) groups is 1. The monoisotopic (exact) mass is 317 g/mol. The van der Waals surface area contributed by atoms with Crippen LogP contribution in [0.25, 0.3) is 11.5 Å². The van der Waals surface area contributed by atoms with E-state index in [9.17, 15) is 4.79 Å². The lowest BCUT2D eigenvalue weighted by atomic mass is 10.2. The van der Waals surface area contributed by atoms with Gasteiger partial charge in [-0.2, -0.15) is 0 Å². The summed E-state index contributed by atoms with van der Waals surface area (Å²) in [6, 6.07) is 11.4. The van der Waals surface area contributed by atoms with Crippen LogP contribution < -0.4 is 5.32 Å². The lowest BCUT2D eigenvalue weighted by Crippen LogP contribution is -2.10. The molecule has 1 N–H and O–H groups in total. The second kappa shape index (κ2) is 6.11. The van der Waals surface area contributed by atoms with E-state index >= 15 is 0 Å². The van der Waals surface area contributed by atoms with Crippen molar-refractivity contribution in [1.82, 2.24) is 10.2 Å². The highest BCUT2D eigenvalue weighted by molar-refractivity contribution is 7.98. The number of carbonyl (C=O) groups excluding carboxylic acids is 1. The Morgan fingerprint density at radius 2 is 2.05 bits per heavy atom. The first-order chi connectivity index (χ1) is 10.3. The zero-order valence-corrected chi connectivity index (χ0v) is 12.7. The van der Waals surface area contributed by atoms with Crippen molar-refractivity contribution in [2.75, 3.05) is 11.6 Å². The lowest BCUT2D eigenvalue weighted by Gasteiger charge is -1.98. The standard InChI is InChI=1S/C14H11N3O2S2/c1-20-10-6-4-9(5-7-10)13-16-17-14(19-13)15-12(18)11-3-2-8-21-11/h2-8H,1H3,(H,15,17,18). The second-order valence-electron chi connectivity index (χ2n) is 4.07. The molecule has 0 aliphatic carbocycles. The fraction of sp³-hybridized carbons (Fsp3) is 0.0714. The third-order valence-electron chi connectivity index (χ3n) is 2.73. The zero-order valence-electron chi connectivity index (χ0n) is 11.1. The van der Waals surface area contributed by atoms with Crippen molar-refractivity contribution < 1.29 is 9.21 Å². The summed E-state index contributed by atoms with van der Waals surface area (Å²) in [7, 11) is 0. The van der Waals surface area contributed by atoms with E-state index in [-0.39, 0.29) is 11.9 Å². The number of carbonyl (C=O) groups is 1. The Morgan fingerprint density at radius 1 is 1.24 bits per heavy atom. The molecule has 0 saturated heterocycles. The highest BCUT2D eigenvalue weighted by Gasteiger charge is 2.13. The number of nitrogens with zero attached hydrogens (tertiary/aromatic N) is 2. The Kier molecular flexibility index (Phi) is 4.03. The van der Waals surface area contributed by atoms with Gasteiger partial charge in [0.2, 0.25) is 5.89 Å². The Labute approximate surface area is 129 Å². The molecule has 3 rings (SSSR count). The summed E-state index contributed by atoms with van der Waals surface area (Å²) in [4.78, 5) is 13.6. The molecule has 5 nitrogen and oxygen atoms in total. The molecule has 2 aromatic heterocycles. The molecule has 1 aromatic carbocycles. The van der Waals surface area contributed by atoms with Crippen molar-refractivity contribution in [3.8, 4) is 11.5 Å². The van der Waals surface area contributed by atoms with Crippen molar-refractivity contribution in [3.63, 3.8) is 0 Å². The molecular formula is C14H11N3O2S2. The van der Waals surface area contributed by atoms with Crippen LogP contribution >= 0.6 is 23.1 Å². The number of anilines is 1. The number of hydrogen-bond acceptors (Lipinski definition) is 6. The zero-order chi connectivity index (χ0) is 14.7. The minimum absolute atomic E-state index is 0.0948. The summed E-state index contributed by atoms with van der Waals surface area (Å²) >= 11 is 3.02. The quantitative estimate of drug-likeness (QED) is 0.742. The van der Waals surface area contributed by atoms with Crippen LogP contribution in [0.5, 0.6) is 0 Å². The minimum atomic E-state index is -0.252. The van der Waals surface area contributed by atoms with Gasteiger partial charge in [0, 0.05) is 10.5 Å². The number of benzene rings is 1. The van der Waals surface area contributed by atoms with Crippen molar-refractivity contribution in [2.45, 2.75) is 4.90 Å². The van der Waals surface area contributed by atoms with Crippen LogP contribution in [0.1, 0.15) is 9.67 Å². The first-order valence-electron chi connectivity index (χ1n) is 6.09. The number of rotatable bonds is 4.